The number of benzene rings is 2. The third kappa shape index (κ3) is 6.73. The number of para-hydroxylation sites is 2. The van der Waals surface area contributed by atoms with E-state index in [0.29, 0.717) is 18.1 Å². The number of nitrogens with zero attached hydrogens (tertiary/aromatic N) is 1. The highest BCUT2D eigenvalue weighted by Gasteiger charge is 2.11. The van der Waals surface area contributed by atoms with Crippen molar-refractivity contribution < 1.29 is 22.6 Å². The van der Waals surface area contributed by atoms with Crippen molar-refractivity contribution in [2.75, 3.05) is 13.6 Å². The van der Waals surface area contributed by atoms with Gasteiger partial charge < -0.3 is 20.1 Å². The Balaban J connectivity index is 1.85. The lowest BCUT2D eigenvalue weighted by molar-refractivity contribution is -0.0504. The molecule has 0 spiro atoms. The van der Waals surface area contributed by atoms with Crippen molar-refractivity contribution in [1.82, 2.24) is 10.6 Å². The fraction of sp³-hybridized carbons (Fsp3) is 0.316. The number of nitrogens with one attached hydrogen (secondary N) is 2. The molecule has 2 rings (SSSR count). The molecule has 0 amide bonds. The Kier molecular flexibility index (Phi) is 7.79. The highest BCUT2D eigenvalue weighted by molar-refractivity contribution is 5.79. The molecule has 0 saturated carbocycles. The van der Waals surface area contributed by atoms with E-state index < -0.39 is 12.4 Å². The van der Waals surface area contributed by atoms with Gasteiger partial charge in [-0.15, -0.1) is 0 Å². The van der Waals surface area contributed by atoms with Crippen LogP contribution >= 0.6 is 0 Å². The van der Waals surface area contributed by atoms with Crippen molar-refractivity contribution in [2.24, 2.45) is 4.99 Å². The van der Waals surface area contributed by atoms with Gasteiger partial charge in [0.2, 0.25) is 0 Å². The molecule has 1 unspecified atom stereocenters. The van der Waals surface area contributed by atoms with Gasteiger partial charge in [-0.3, -0.25) is 4.99 Å². The van der Waals surface area contributed by atoms with Crippen LogP contribution in [0.4, 0.5) is 13.2 Å². The lowest BCUT2D eigenvalue weighted by Gasteiger charge is -2.18. The van der Waals surface area contributed by atoms with E-state index in [0.717, 1.165) is 0 Å². The highest BCUT2D eigenvalue weighted by atomic mass is 19.3. The molecule has 2 aromatic carbocycles. The summed E-state index contributed by atoms with van der Waals surface area (Å²) in [4.78, 5) is 4.07. The van der Waals surface area contributed by atoms with Crippen LogP contribution in [0.2, 0.25) is 0 Å². The first kappa shape index (κ1) is 20.4. The number of halogens is 3. The molecule has 2 N–H and O–H groups in total. The zero-order valence-electron chi connectivity index (χ0n) is 15.1. The number of hydrogen-bond acceptors (Lipinski definition) is 3. The molecular formula is C19H22F3N3O2. The van der Waals surface area contributed by atoms with Crippen LogP contribution in [-0.4, -0.2) is 32.3 Å². The van der Waals surface area contributed by atoms with Gasteiger partial charge in [-0.1, -0.05) is 30.3 Å². The first-order valence-corrected chi connectivity index (χ1v) is 8.38. The van der Waals surface area contributed by atoms with Gasteiger partial charge in [0, 0.05) is 19.2 Å². The number of guanidine groups is 1. The Morgan fingerprint density at radius 1 is 1.00 bits per heavy atom. The molecular weight excluding hydrogens is 359 g/mol. The van der Waals surface area contributed by atoms with Crippen molar-refractivity contribution in [1.29, 1.82) is 0 Å². The maximum atomic E-state index is 13.6. The fourth-order valence-electron chi connectivity index (χ4n) is 2.30. The van der Waals surface area contributed by atoms with Gasteiger partial charge in [0.25, 0.3) is 0 Å². The predicted octanol–water partition coefficient (Wildman–Crippen LogP) is 3.56. The molecule has 146 valence electrons. The van der Waals surface area contributed by atoms with E-state index in [2.05, 4.69) is 20.4 Å². The molecule has 2 aromatic rings. The van der Waals surface area contributed by atoms with Crippen molar-refractivity contribution in [3.05, 3.63) is 59.9 Å². The van der Waals surface area contributed by atoms with Gasteiger partial charge in [-0.25, -0.2) is 4.39 Å². The van der Waals surface area contributed by atoms with Crippen LogP contribution in [-0.2, 0) is 6.54 Å². The predicted molar refractivity (Wildman–Crippen MR) is 97.8 cm³/mol. The van der Waals surface area contributed by atoms with Crippen LogP contribution in [0, 0.1) is 5.82 Å². The molecule has 0 radical (unpaired) electrons. The molecule has 0 aliphatic carbocycles. The second-order valence-corrected chi connectivity index (χ2v) is 5.65. The second kappa shape index (κ2) is 10.3. The molecule has 5 nitrogen and oxygen atoms in total. The van der Waals surface area contributed by atoms with E-state index in [1.165, 1.54) is 12.1 Å². The minimum absolute atomic E-state index is 0.103. The molecule has 0 aliphatic heterocycles. The van der Waals surface area contributed by atoms with Crippen LogP contribution in [0.25, 0.3) is 0 Å². The summed E-state index contributed by atoms with van der Waals surface area (Å²) in [5, 5.41) is 6.06. The highest BCUT2D eigenvalue weighted by Crippen LogP contribution is 2.20. The van der Waals surface area contributed by atoms with Crippen LogP contribution < -0.4 is 20.1 Å². The number of aliphatic imine (C=N–C) groups is 1. The zero-order valence-corrected chi connectivity index (χ0v) is 15.1. The monoisotopic (exact) mass is 381 g/mol. The maximum absolute atomic E-state index is 13.6. The molecule has 0 saturated heterocycles. The van der Waals surface area contributed by atoms with Crippen LogP contribution in [0.3, 0.4) is 0 Å². The molecule has 8 heteroatoms. The standard InChI is InChI=1S/C19H22F3N3O2/c1-13(26-17-10-6-4-8-15(17)20)11-24-19(23-2)25-12-14-7-3-5-9-16(14)27-18(21)22/h3-10,13,18H,11-12H2,1-2H3,(H2,23,24,25). The lowest BCUT2D eigenvalue weighted by atomic mass is 10.2. The summed E-state index contributed by atoms with van der Waals surface area (Å²) in [6.07, 6.45) is -0.324. The summed E-state index contributed by atoms with van der Waals surface area (Å²) in [7, 11) is 1.58. The average molecular weight is 381 g/mol. The van der Waals surface area contributed by atoms with E-state index in [9.17, 15) is 13.2 Å². The van der Waals surface area contributed by atoms with Gasteiger partial charge in [0.15, 0.2) is 17.5 Å². The van der Waals surface area contributed by atoms with E-state index in [1.54, 1.807) is 50.4 Å². The molecule has 1 atom stereocenters. The summed E-state index contributed by atoms with van der Waals surface area (Å²) < 4.78 is 48.6. The fourth-order valence-corrected chi connectivity index (χ4v) is 2.30. The summed E-state index contributed by atoms with van der Waals surface area (Å²) >= 11 is 0. The number of rotatable bonds is 8. The summed E-state index contributed by atoms with van der Waals surface area (Å²) in [6, 6.07) is 12.7. The Bertz CT molecular complexity index is 756. The minimum Gasteiger partial charge on any atom is -0.486 e. The summed E-state index contributed by atoms with van der Waals surface area (Å²) in [6.45, 7) is -0.493. The third-order valence-electron chi connectivity index (χ3n) is 3.58. The van der Waals surface area contributed by atoms with E-state index >= 15 is 0 Å². The average Bonchev–Trinajstić information content (AvgIpc) is 2.64. The van der Waals surface area contributed by atoms with Gasteiger partial charge in [-0.05, 0) is 25.1 Å². The maximum Gasteiger partial charge on any atom is 0.387 e. The topological polar surface area (TPSA) is 54.9 Å². The largest absolute Gasteiger partial charge is 0.486 e. The van der Waals surface area contributed by atoms with Gasteiger partial charge >= 0.3 is 6.61 Å². The Morgan fingerprint density at radius 3 is 2.33 bits per heavy atom. The molecule has 0 aromatic heterocycles. The van der Waals surface area contributed by atoms with E-state index in [4.69, 9.17) is 4.74 Å². The SMILES string of the molecule is CN=C(NCc1ccccc1OC(F)F)NCC(C)Oc1ccccc1F. The van der Waals surface area contributed by atoms with Gasteiger partial charge in [0.05, 0.1) is 6.54 Å². The van der Waals surface area contributed by atoms with Crippen molar-refractivity contribution in [2.45, 2.75) is 26.2 Å². The van der Waals surface area contributed by atoms with Crippen molar-refractivity contribution in [3.63, 3.8) is 0 Å². The lowest BCUT2D eigenvalue weighted by Crippen LogP contribution is -2.41. The third-order valence-corrected chi connectivity index (χ3v) is 3.58. The molecule has 0 aliphatic rings. The first-order valence-electron chi connectivity index (χ1n) is 8.38. The van der Waals surface area contributed by atoms with Crippen LogP contribution in [0.15, 0.2) is 53.5 Å². The normalized spacial score (nSPS) is 12.6. The van der Waals surface area contributed by atoms with Gasteiger partial charge in [0.1, 0.15) is 11.9 Å². The van der Waals surface area contributed by atoms with Crippen LogP contribution in [0.5, 0.6) is 11.5 Å². The number of alkyl halides is 2. The minimum atomic E-state index is -2.89. The quantitative estimate of drug-likeness (QED) is 0.542. The summed E-state index contributed by atoms with van der Waals surface area (Å²) in [5.74, 6) is 0.299. The Morgan fingerprint density at radius 2 is 1.67 bits per heavy atom. The molecule has 27 heavy (non-hydrogen) atoms. The second-order valence-electron chi connectivity index (χ2n) is 5.65. The van der Waals surface area contributed by atoms with E-state index in [-0.39, 0.29) is 24.1 Å². The summed E-state index contributed by atoms with van der Waals surface area (Å²) in [5.41, 5.74) is 0.566. The number of ether oxygens (including phenoxy) is 2. The molecule has 0 bridgehead atoms. The van der Waals surface area contributed by atoms with Crippen molar-refractivity contribution >= 4 is 5.96 Å². The Hall–Kier alpha value is -2.90. The van der Waals surface area contributed by atoms with Crippen LogP contribution in [0.1, 0.15) is 12.5 Å². The molecule has 0 fully saturated rings. The van der Waals surface area contributed by atoms with Gasteiger partial charge in [-0.2, -0.15) is 8.78 Å². The smallest absolute Gasteiger partial charge is 0.387 e. The first-order chi connectivity index (χ1) is 13.0. The van der Waals surface area contributed by atoms with Crippen molar-refractivity contribution in [3.8, 4) is 11.5 Å². The Labute approximate surface area is 156 Å². The van der Waals surface area contributed by atoms with E-state index in [1.807, 2.05) is 0 Å². The zero-order chi connectivity index (χ0) is 19.6. The molecule has 0 heterocycles. The number of hydrogen-bond donors (Lipinski definition) is 2.